The van der Waals surface area contributed by atoms with Crippen molar-refractivity contribution in [3.8, 4) is 0 Å². The highest BCUT2D eigenvalue weighted by Crippen LogP contribution is 2.30. The molecule has 21 heavy (non-hydrogen) atoms. The van der Waals surface area contributed by atoms with Crippen LogP contribution in [0.15, 0.2) is 24.3 Å². The Hall–Kier alpha value is -1.95. The molecule has 6 heteroatoms. The number of carbonyl (C=O) groups excluding carboxylic acids is 1. The van der Waals surface area contributed by atoms with Gasteiger partial charge in [0.1, 0.15) is 10.8 Å². The molecule has 0 saturated carbocycles. The van der Waals surface area contributed by atoms with Crippen molar-refractivity contribution < 1.29 is 4.79 Å². The van der Waals surface area contributed by atoms with Crippen molar-refractivity contribution in [2.75, 3.05) is 16.8 Å². The summed E-state index contributed by atoms with van der Waals surface area (Å²) < 4.78 is 4.40. The lowest BCUT2D eigenvalue weighted by Crippen LogP contribution is -2.23. The molecule has 1 aliphatic rings. The number of hydrogen-bond acceptors (Lipinski definition) is 5. The van der Waals surface area contributed by atoms with Crippen molar-refractivity contribution >= 4 is 28.8 Å². The molecule has 110 valence electrons. The Morgan fingerprint density at radius 2 is 2.19 bits per heavy atom. The van der Waals surface area contributed by atoms with Gasteiger partial charge in [0.2, 0.25) is 5.91 Å². The lowest BCUT2D eigenvalue weighted by Gasteiger charge is -2.22. The van der Waals surface area contributed by atoms with Gasteiger partial charge in [-0.1, -0.05) is 26.0 Å². The van der Waals surface area contributed by atoms with Crippen molar-refractivity contribution in [3.63, 3.8) is 0 Å². The number of benzene rings is 1. The zero-order valence-corrected chi connectivity index (χ0v) is 13.0. The SMILES string of the molecule is CC(C)c1nsc(CN2CCC(=O)Nc3ccccc32)n1. The van der Waals surface area contributed by atoms with Gasteiger partial charge in [-0.25, -0.2) is 4.98 Å². The number of rotatable bonds is 3. The van der Waals surface area contributed by atoms with Gasteiger partial charge in [0.05, 0.1) is 17.9 Å². The average Bonchev–Trinajstić information content (AvgIpc) is 2.86. The van der Waals surface area contributed by atoms with E-state index in [1.807, 2.05) is 24.3 Å². The lowest BCUT2D eigenvalue weighted by molar-refractivity contribution is -0.115. The maximum atomic E-state index is 11.8. The summed E-state index contributed by atoms with van der Waals surface area (Å²) in [4.78, 5) is 18.6. The van der Waals surface area contributed by atoms with Crippen LogP contribution in [-0.2, 0) is 11.3 Å². The minimum atomic E-state index is 0.0603. The molecule has 2 aromatic rings. The monoisotopic (exact) mass is 302 g/mol. The van der Waals surface area contributed by atoms with E-state index in [0.29, 0.717) is 25.4 Å². The molecule has 0 unspecified atom stereocenters. The molecule has 5 nitrogen and oxygen atoms in total. The van der Waals surface area contributed by atoms with Crippen LogP contribution in [-0.4, -0.2) is 21.8 Å². The fourth-order valence-corrected chi connectivity index (χ4v) is 3.12. The van der Waals surface area contributed by atoms with Gasteiger partial charge in [0.25, 0.3) is 0 Å². The third kappa shape index (κ3) is 3.05. The van der Waals surface area contributed by atoms with Gasteiger partial charge in [0, 0.05) is 18.9 Å². The number of nitrogens with one attached hydrogen (secondary N) is 1. The predicted octanol–water partition coefficient (Wildman–Crippen LogP) is 3.01. The highest BCUT2D eigenvalue weighted by atomic mass is 32.1. The van der Waals surface area contributed by atoms with Crippen LogP contribution in [0.2, 0.25) is 0 Å². The summed E-state index contributed by atoms with van der Waals surface area (Å²) in [5, 5.41) is 3.94. The largest absolute Gasteiger partial charge is 0.363 e. The van der Waals surface area contributed by atoms with Crippen LogP contribution in [0.1, 0.15) is 37.0 Å². The Morgan fingerprint density at radius 1 is 1.38 bits per heavy atom. The first-order chi connectivity index (χ1) is 10.1. The summed E-state index contributed by atoms with van der Waals surface area (Å²) in [6, 6.07) is 7.89. The molecule has 1 amide bonds. The molecular formula is C15H18N4OS. The van der Waals surface area contributed by atoms with Gasteiger partial charge in [-0.2, -0.15) is 4.37 Å². The summed E-state index contributed by atoms with van der Waals surface area (Å²) in [5.74, 6) is 1.30. The zero-order valence-electron chi connectivity index (χ0n) is 12.2. The second-order valence-electron chi connectivity index (χ2n) is 5.44. The third-order valence-electron chi connectivity index (χ3n) is 3.45. The number of hydrogen-bond donors (Lipinski definition) is 1. The normalized spacial score (nSPS) is 14.8. The Labute approximate surface area is 128 Å². The van der Waals surface area contributed by atoms with Gasteiger partial charge < -0.3 is 10.2 Å². The number of amides is 1. The van der Waals surface area contributed by atoms with E-state index in [9.17, 15) is 4.79 Å². The third-order valence-corrected chi connectivity index (χ3v) is 4.16. The highest BCUT2D eigenvalue weighted by Gasteiger charge is 2.20. The summed E-state index contributed by atoms with van der Waals surface area (Å²) in [5.41, 5.74) is 1.92. The minimum absolute atomic E-state index is 0.0603. The summed E-state index contributed by atoms with van der Waals surface area (Å²) in [6.45, 7) is 5.57. The van der Waals surface area contributed by atoms with Crippen LogP contribution in [0.5, 0.6) is 0 Å². The average molecular weight is 302 g/mol. The van der Waals surface area contributed by atoms with Crippen molar-refractivity contribution in [3.05, 3.63) is 35.1 Å². The number of anilines is 2. The number of nitrogens with zero attached hydrogens (tertiary/aromatic N) is 3. The number of fused-ring (bicyclic) bond motifs is 1. The quantitative estimate of drug-likeness (QED) is 0.947. The fourth-order valence-electron chi connectivity index (χ4n) is 2.32. The summed E-state index contributed by atoms with van der Waals surface area (Å²) in [7, 11) is 0. The first-order valence-electron chi connectivity index (χ1n) is 7.10. The van der Waals surface area contributed by atoms with Crippen molar-refractivity contribution in [1.82, 2.24) is 9.36 Å². The van der Waals surface area contributed by atoms with Crippen LogP contribution in [0.3, 0.4) is 0 Å². The molecule has 0 atom stereocenters. The molecule has 0 spiro atoms. The smallest absolute Gasteiger partial charge is 0.226 e. The first kappa shape index (κ1) is 14.0. The van der Waals surface area contributed by atoms with Gasteiger partial charge in [-0.15, -0.1) is 0 Å². The van der Waals surface area contributed by atoms with Crippen LogP contribution < -0.4 is 10.2 Å². The van der Waals surface area contributed by atoms with Gasteiger partial charge in [-0.3, -0.25) is 4.79 Å². The van der Waals surface area contributed by atoms with Crippen LogP contribution >= 0.6 is 11.5 Å². The molecule has 0 fully saturated rings. The van der Waals surface area contributed by atoms with Crippen LogP contribution in [0, 0.1) is 0 Å². The number of para-hydroxylation sites is 2. The lowest BCUT2D eigenvalue weighted by atomic mass is 10.2. The van der Waals surface area contributed by atoms with E-state index in [0.717, 1.165) is 22.2 Å². The van der Waals surface area contributed by atoms with Crippen LogP contribution in [0.25, 0.3) is 0 Å². The minimum Gasteiger partial charge on any atom is -0.363 e. The molecule has 1 aromatic heterocycles. The molecule has 1 aromatic carbocycles. The van der Waals surface area contributed by atoms with Crippen molar-refractivity contribution in [2.45, 2.75) is 32.7 Å². The van der Waals surface area contributed by atoms with E-state index in [1.165, 1.54) is 11.5 Å². The predicted molar refractivity (Wildman–Crippen MR) is 84.7 cm³/mol. The topological polar surface area (TPSA) is 58.1 Å². The molecule has 0 radical (unpaired) electrons. The Balaban J connectivity index is 1.85. The number of aromatic nitrogens is 2. The Morgan fingerprint density at radius 3 is 2.95 bits per heavy atom. The van der Waals surface area contributed by atoms with Gasteiger partial charge >= 0.3 is 0 Å². The number of carbonyl (C=O) groups is 1. The molecule has 0 aliphatic carbocycles. The van der Waals surface area contributed by atoms with Gasteiger partial charge in [-0.05, 0) is 23.7 Å². The molecule has 1 N–H and O–H groups in total. The molecule has 3 rings (SSSR count). The van der Waals surface area contributed by atoms with Crippen molar-refractivity contribution in [1.29, 1.82) is 0 Å². The van der Waals surface area contributed by atoms with E-state index < -0.39 is 0 Å². The summed E-state index contributed by atoms with van der Waals surface area (Å²) in [6.07, 6.45) is 0.491. The Kier molecular flexibility index (Phi) is 3.88. The molecule has 2 heterocycles. The molecule has 1 aliphatic heterocycles. The van der Waals surface area contributed by atoms with E-state index >= 15 is 0 Å². The van der Waals surface area contributed by atoms with Crippen molar-refractivity contribution in [2.24, 2.45) is 0 Å². The van der Waals surface area contributed by atoms with E-state index in [1.54, 1.807) is 0 Å². The van der Waals surface area contributed by atoms with Gasteiger partial charge in [0.15, 0.2) is 0 Å². The fraction of sp³-hybridized carbons (Fsp3) is 0.400. The maximum Gasteiger partial charge on any atom is 0.226 e. The van der Waals surface area contributed by atoms with E-state index in [4.69, 9.17) is 0 Å². The standard InChI is InChI=1S/C15H18N4OS/c1-10(2)15-17-14(21-18-15)9-19-8-7-13(20)16-11-5-3-4-6-12(11)19/h3-6,10H,7-9H2,1-2H3,(H,16,20). The highest BCUT2D eigenvalue weighted by molar-refractivity contribution is 7.05. The molecular weight excluding hydrogens is 284 g/mol. The first-order valence-corrected chi connectivity index (χ1v) is 7.87. The summed E-state index contributed by atoms with van der Waals surface area (Å²) >= 11 is 1.45. The maximum absolute atomic E-state index is 11.8. The molecule has 0 saturated heterocycles. The molecule has 0 bridgehead atoms. The zero-order chi connectivity index (χ0) is 14.8. The van der Waals surface area contributed by atoms with E-state index in [-0.39, 0.29) is 5.91 Å². The van der Waals surface area contributed by atoms with Crippen LogP contribution in [0.4, 0.5) is 11.4 Å². The second kappa shape index (κ2) is 5.81. The van der Waals surface area contributed by atoms with E-state index in [2.05, 4.69) is 33.4 Å². The second-order valence-corrected chi connectivity index (χ2v) is 6.27. The Bertz CT molecular complexity index is 653.